The molecular formula is C48H60N8O6. The number of aliphatic hydroxyl groups is 1. The number of imidazole rings is 2. The Labute approximate surface area is 364 Å². The number of likely N-dealkylation sites (tertiary alicyclic amines) is 1. The van der Waals surface area contributed by atoms with Crippen LogP contribution in [0.5, 0.6) is 0 Å². The molecule has 3 heterocycles. The first-order valence-corrected chi connectivity index (χ1v) is 22.0. The number of nitrogens with two attached hydrogens (primary N) is 1. The Hall–Kier alpha value is -5.83. The summed E-state index contributed by atoms with van der Waals surface area (Å²) < 4.78 is 15.7. The van der Waals surface area contributed by atoms with Gasteiger partial charge in [-0.25, -0.2) is 14.8 Å². The van der Waals surface area contributed by atoms with Gasteiger partial charge in [0.1, 0.15) is 37.5 Å². The van der Waals surface area contributed by atoms with Crippen LogP contribution in [-0.4, -0.2) is 83.1 Å². The summed E-state index contributed by atoms with van der Waals surface area (Å²) in [5.74, 6) is -0.834. The van der Waals surface area contributed by atoms with Crippen LogP contribution >= 0.6 is 0 Å². The zero-order valence-electron chi connectivity index (χ0n) is 35.4. The average molecular weight is 845 g/mol. The van der Waals surface area contributed by atoms with Crippen LogP contribution in [0.25, 0.3) is 0 Å². The molecule has 14 heteroatoms. The second-order valence-electron chi connectivity index (χ2n) is 16.5. The van der Waals surface area contributed by atoms with E-state index in [4.69, 9.17) is 15.2 Å². The standard InChI is InChI=1S/C48H60N8O6/c49-45(58)43(29-40-30-50-33-55(40)35-62-32-39-21-11-4-12-22-39)56(47(59)41(27-36-15-5-1-6-16-36)52-48(60)53-24-13-14-25-53)42(28-37-17-7-2-8-18-37)44(57)46-51-23-26-54(46)34-61-31-38-19-9-3-10-20-38/h1,3-6,9-12,15-16,19-23,26,30,33,37,41-44,57H,2,7-8,13-14,17-18,24-25,27-29,31-32,34-35H2,(H2,49,58)(H,52,60)/t41-,42-,43-,44+/m0/s1. The summed E-state index contributed by atoms with van der Waals surface area (Å²) in [7, 11) is 0. The SMILES string of the molecule is NC(=O)[C@H](Cc1cncn1COCc1ccccc1)N(C(=O)[C@H](Cc1ccccc1)NC(=O)N1CCCC1)[C@@H](CC1CCCCC1)[C@@H](O)c1nccn1COCc1ccccc1. The van der Waals surface area contributed by atoms with Crippen LogP contribution in [0.1, 0.15) is 85.7 Å². The van der Waals surface area contributed by atoms with Crippen LogP contribution in [0.4, 0.5) is 4.79 Å². The van der Waals surface area contributed by atoms with Crippen molar-refractivity contribution in [3.05, 3.63) is 144 Å². The van der Waals surface area contributed by atoms with E-state index in [1.807, 2.05) is 91.0 Å². The highest BCUT2D eigenvalue weighted by molar-refractivity contribution is 5.92. The molecule has 7 rings (SSSR count). The Kier molecular flexibility index (Phi) is 15.9. The number of nitrogens with one attached hydrogen (secondary N) is 1. The predicted octanol–water partition coefficient (Wildman–Crippen LogP) is 6.14. The maximum atomic E-state index is 15.7. The van der Waals surface area contributed by atoms with E-state index in [0.717, 1.165) is 61.6 Å². The summed E-state index contributed by atoms with van der Waals surface area (Å²) in [6.45, 7) is 2.10. The average Bonchev–Trinajstić information content (AvgIpc) is 4.11. The smallest absolute Gasteiger partial charge is 0.318 e. The topological polar surface area (TPSA) is 170 Å². The van der Waals surface area contributed by atoms with E-state index in [-0.39, 0.29) is 38.3 Å². The van der Waals surface area contributed by atoms with Crippen molar-refractivity contribution in [1.29, 1.82) is 0 Å². The van der Waals surface area contributed by atoms with Crippen molar-refractivity contribution in [2.75, 3.05) is 13.1 Å². The second-order valence-corrected chi connectivity index (χ2v) is 16.5. The van der Waals surface area contributed by atoms with Gasteiger partial charge >= 0.3 is 6.03 Å². The lowest BCUT2D eigenvalue weighted by molar-refractivity contribution is -0.148. The molecule has 2 aliphatic rings. The van der Waals surface area contributed by atoms with Gasteiger partial charge in [-0.2, -0.15) is 0 Å². The molecule has 3 aromatic carbocycles. The lowest BCUT2D eigenvalue weighted by Crippen LogP contribution is -2.62. The fraction of sp³-hybridized carbons (Fsp3) is 0.438. The number of carbonyl (C=O) groups excluding carboxylic acids is 3. The predicted molar refractivity (Wildman–Crippen MR) is 234 cm³/mol. The number of primary amides is 1. The molecule has 2 fully saturated rings. The van der Waals surface area contributed by atoms with Gasteiger partial charge in [0, 0.05) is 50.2 Å². The van der Waals surface area contributed by atoms with Crippen molar-refractivity contribution >= 4 is 17.8 Å². The lowest BCUT2D eigenvalue weighted by atomic mass is 9.82. The van der Waals surface area contributed by atoms with Gasteiger partial charge in [-0.05, 0) is 41.9 Å². The molecule has 0 unspecified atom stereocenters. The van der Waals surface area contributed by atoms with Crippen molar-refractivity contribution in [3.63, 3.8) is 0 Å². The Morgan fingerprint density at radius 3 is 2.00 bits per heavy atom. The molecule has 4 atom stereocenters. The van der Waals surface area contributed by atoms with E-state index in [9.17, 15) is 14.7 Å². The fourth-order valence-corrected chi connectivity index (χ4v) is 8.81. The second kappa shape index (κ2) is 22.3. The van der Waals surface area contributed by atoms with Crippen LogP contribution < -0.4 is 11.1 Å². The number of aromatic nitrogens is 4. The van der Waals surface area contributed by atoms with Crippen molar-refractivity contribution in [2.24, 2.45) is 11.7 Å². The molecule has 1 saturated carbocycles. The largest absolute Gasteiger partial charge is 0.383 e. The number of amides is 4. The first-order valence-electron chi connectivity index (χ1n) is 22.0. The van der Waals surface area contributed by atoms with Crippen molar-refractivity contribution in [3.8, 4) is 0 Å². The number of benzene rings is 3. The van der Waals surface area contributed by atoms with Gasteiger partial charge in [0.05, 0.1) is 25.6 Å². The van der Waals surface area contributed by atoms with Crippen LogP contribution in [0.15, 0.2) is 116 Å². The van der Waals surface area contributed by atoms with Gasteiger partial charge in [-0.15, -0.1) is 0 Å². The summed E-state index contributed by atoms with van der Waals surface area (Å²) in [4.78, 5) is 55.9. The van der Waals surface area contributed by atoms with Crippen molar-refractivity contribution in [2.45, 2.75) is 115 Å². The van der Waals surface area contributed by atoms with Gasteiger partial charge in [-0.3, -0.25) is 9.59 Å². The summed E-state index contributed by atoms with van der Waals surface area (Å²) >= 11 is 0. The Morgan fingerprint density at radius 2 is 1.39 bits per heavy atom. The highest BCUT2D eigenvalue weighted by Gasteiger charge is 2.44. The number of hydrogen-bond acceptors (Lipinski definition) is 8. The summed E-state index contributed by atoms with van der Waals surface area (Å²) in [5.41, 5.74) is 9.84. The molecule has 14 nitrogen and oxygen atoms in total. The van der Waals surface area contributed by atoms with Gasteiger partial charge in [-0.1, -0.05) is 123 Å². The third-order valence-electron chi connectivity index (χ3n) is 12.1. The molecule has 62 heavy (non-hydrogen) atoms. The third kappa shape index (κ3) is 12.0. The summed E-state index contributed by atoms with van der Waals surface area (Å²) in [6, 6.07) is 25.4. The van der Waals surface area contributed by atoms with Crippen molar-refractivity contribution < 1.29 is 29.0 Å². The molecule has 1 aliphatic heterocycles. The van der Waals surface area contributed by atoms with Crippen molar-refractivity contribution in [1.82, 2.24) is 34.2 Å². The minimum atomic E-state index is -1.36. The maximum Gasteiger partial charge on any atom is 0.318 e. The van der Waals surface area contributed by atoms with Gasteiger partial charge in [0.15, 0.2) is 0 Å². The molecule has 0 spiro atoms. The van der Waals surface area contributed by atoms with Gasteiger partial charge in [0.25, 0.3) is 0 Å². The molecule has 328 valence electrons. The van der Waals surface area contributed by atoms with E-state index in [2.05, 4.69) is 15.3 Å². The van der Waals surface area contributed by atoms with E-state index >= 15 is 4.79 Å². The minimum Gasteiger partial charge on any atom is -0.383 e. The number of urea groups is 1. The summed E-state index contributed by atoms with van der Waals surface area (Å²) in [5, 5.41) is 15.8. The first-order chi connectivity index (χ1) is 30.3. The number of nitrogens with zero attached hydrogens (tertiary/aromatic N) is 6. The third-order valence-corrected chi connectivity index (χ3v) is 12.1. The Bertz CT molecular complexity index is 2140. The molecule has 1 saturated heterocycles. The van der Waals surface area contributed by atoms with E-state index < -0.39 is 36.0 Å². The molecule has 1 aliphatic carbocycles. The summed E-state index contributed by atoms with van der Waals surface area (Å²) in [6.07, 6.45) is 12.5. The number of carbonyl (C=O) groups is 3. The Morgan fingerprint density at radius 1 is 0.790 bits per heavy atom. The molecule has 4 amide bonds. The zero-order chi connectivity index (χ0) is 43.1. The first kappa shape index (κ1) is 44.2. The van der Waals surface area contributed by atoms with E-state index in [0.29, 0.717) is 44.2 Å². The molecule has 4 N–H and O–H groups in total. The normalized spacial score (nSPS) is 16.4. The zero-order valence-corrected chi connectivity index (χ0v) is 35.4. The van der Waals surface area contributed by atoms with E-state index in [1.165, 1.54) is 4.90 Å². The number of aliphatic hydroxyl groups excluding tert-OH is 1. The van der Waals surface area contributed by atoms with Crippen LogP contribution in [-0.2, 0) is 58.6 Å². The highest BCUT2D eigenvalue weighted by atomic mass is 16.5. The monoisotopic (exact) mass is 844 g/mol. The number of ether oxygens (including phenoxy) is 2. The van der Waals surface area contributed by atoms with E-state index in [1.54, 1.807) is 39.0 Å². The Balaban J connectivity index is 1.26. The molecule has 2 aromatic heterocycles. The highest BCUT2D eigenvalue weighted by Crippen LogP contribution is 2.35. The number of rotatable bonds is 21. The number of hydrogen-bond donors (Lipinski definition) is 3. The van der Waals surface area contributed by atoms with Crippen LogP contribution in [0.2, 0.25) is 0 Å². The maximum absolute atomic E-state index is 15.7. The van der Waals surface area contributed by atoms with Gasteiger partial charge in [0.2, 0.25) is 11.8 Å². The molecule has 0 bridgehead atoms. The molecular weight excluding hydrogens is 785 g/mol. The van der Waals surface area contributed by atoms with Gasteiger partial charge < -0.3 is 44.6 Å². The lowest BCUT2D eigenvalue weighted by Gasteiger charge is -2.42. The molecule has 0 radical (unpaired) electrons. The van der Waals surface area contributed by atoms with Crippen LogP contribution in [0.3, 0.4) is 0 Å². The fourth-order valence-electron chi connectivity index (χ4n) is 8.81. The minimum absolute atomic E-state index is 0.0174. The quantitative estimate of drug-likeness (QED) is 0.0791. The van der Waals surface area contributed by atoms with Crippen LogP contribution in [0, 0.1) is 5.92 Å². The molecule has 5 aromatic rings.